The van der Waals surface area contributed by atoms with Gasteiger partial charge in [0.25, 0.3) is 5.91 Å². The van der Waals surface area contributed by atoms with Crippen molar-refractivity contribution in [2.24, 2.45) is 7.05 Å². The summed E-state index contributed by atoms with van der Waals surface area (Å²) in [5.41, 5.74) is -0.690. The minimum absolute atomic E-state index is 0.00682. The van der Waals surface area contributed by atoms with Gasteiger partial charge in [0.2, 0.25) is 0 Å². The van der Waals surface area contributed by atoms with Gasteiger partial charge in [-0.3, -0.25) is 9.48 Å². The molecule has 12 heteroatoms. The molecule has 0 saturated heterocycles. The number of nitrogens with zero attached hydrogens (tertiary/aromatic N) is 5. The molecular weight excluding hydrogens is 449 g/mol. The molecule has 32 heavy (non-hydrogen) atoms. The molecule has 0 aliphatic heterocycles. The van der Waals surface area contributed by atoms with Gasteiger partial charge in [0.15, 0.2) is 17.0 Å². The number of alkyl halides is 3. The fourth-order valence-electron chi connectivity index (χ4n) is 3.10. The number of aromatic nitrogens is 5. The first kappa shape index (κ1) is 21.6. The number of fused-ring (bicyclic) bond motifs is 1. The highest BCUT2D eigenvalue weighted by Crippen LogP contribution is 2.35. The third-order valence-corrected chi connectivity index (χ3v) is 5.10. The maximum Gasteiger partial charge on any atom is 0.433 e. The molecule has 0 spiro atoms. The van der Waals surface area contributed by atoms with E-state index >= 15 is 0 Å². The van der Waals surface area contributed by atoms with Gasteiger partial charge >= 0.3 is 6.18 Å². The van der Waals surface area contributed by atoms with E-state index in [-0.39, 0.29) is 28.6 Å². The first-order valence-electron chi connectivity index (χ1n) is 9.25. The largest absolute Gasteiger partial charge is 0.497 e. The third-order valence-electron chi connectivity index (χ3n) is 4.76. The van der Waals surface area contributed by atoms with Gasteiger partial charge in [-0.15, -0.1) is 0 Å². The van der Waals surface area contributed by atoms with Crippen LogP contribution in [-0.4, -0.2) is 37.4 Å². The monoisotopic (exact) mass is 464 g/mol. The Hall–Kier alpha value is -3.60. The number of aryl methyl sites for hydroxylation is 1. The van der Waals surface area contributed by atoms with Crippen LogP contribution in [0.15, 0.2) is 42.6 Å². The molecule has 0 aliphatic carbocycles. The van der Waals surface area contributed by atoms with Crippen molar-refractivity contribution in [3.8, 4) is 17.0 Å². The molecule has 0 saturated carbocycles. The van der Waals surface area contributed by atoms with Crippen molar-refractivity contribution in [1.82, 2.24) is 29.7 Å². The number of halogens is 4. The maximum atomic E-state index is 13.8. The fraction of sp³-hybridized carbons (Fsp3) is 0.200. The van der Waals surface area contributed by atoms with Crippen LogP contribution in [0.2, 0.25) is 5.02 Å². The van der Waals surface area contributed by atoms with Crippen molar-refractivity contribution in [3.05, 3.63) is 64.7 Å². The number of methoxy groups -OCH3 is 1. The van der Waals surface area contributed by atoms with Crippen LogP contribution >= 0.6 is 11.6 Å². The summed E-state index contributed by atoms with van der Waals surface area (Å²) in [6.07, 6.45) is -3.22. The van der Waals surface area contributed by atoms with Crippen molar-refractivity contribution < 1.29 is 22.7 Å². The minimum Gasteiger partial charge on any atom is -0.497 e. The molecule has 4 aromatic rings. The molecule has 8 nitrogen and oxygen atoms in total. The number of nitrogens with one attached hydrogen (secondary N) is 1. The lowest BCUT2D eigenvalue weighted by atomic mass is 10.1. The summed E-state index contributed by atoms with van der Waals surface area (Å²) in [6.45, 7) is 0.0914. The molecule has 1 N–H and O–H groups in total. The summed E-state index contributed by atoms with van der Waals surface area (Å²) in [4.78, 5) is 16.9. The molecule has 0 fully saturated rings. The number of rotatable bonds is 5. The lowest BCUT2D eigenvalue weighted by Crippen LogP contribution is -2.25. The lowest BCUT2D eigenvalue weighted by Gasteiger charge is -2.11. The third kappa shape index (κ3) is 3.98. The van der Waals surface area contributed by atoms with E-state index in [0.29, 0.717) is 21.5 Å². The van der Waals surface area contributed by atoms with Crippen LogP contribution in [0.5, 0.6) is 5.75 Å². The lowest BCUT2D eigenvalue weighted by molar-refractivity contribution is -0.142. The Kier molecular flexibility index (Phi) is 5.51. The molecule has 3 heterocycles. The number of carbonyl (C=O) groups is 1. The second-order valence-electron chi connectivity index (χ2n) is 6.78. The number of carbonyl (C=O) groups excluding carboxylic acids is 1. The fourth-order valence-corrected chi connectivity index (χ4v) is 3.34. The van der Waals surface area contributed by atoms with Gasteiger partial charge in [-0.05, 0) is 24.3 Å². The first-order chi connectivity index (χ1) is 15.2. The molecule has 0 unspecified atom stereocenters. The first-order valence-corrected chi connectivity index (χ1v) is 9.63. The number of hydrogen-bond donors (Lipinski definition) is 1. The predicted octanol–water partition coefficient (Wildman–Crippen LogP) is 3.74. The molecule has 0 bridgehead atoms. The van der Waals surface area contributed by atoms with E-state index in [0.717, 1.165) is 6.07 Å². The number of ether oxygens (including phenoxy) is 1. The molecule has 1 aromatic carbocycles. The van der Waals surface area contributed by atoms with Gasteiger partial charge in [-0.1, -0.05) is 23.7 Å². The highest BCUT2D eigenvalue weighted by atomic mass is 35.5. The molecule has 1 amide bonds. The van der Waals surface area contributed by atoms with Crippen LogP contribution in [0.25, 0.3) is 16.9 Å². The summed E-state index contributed by atoms with van der Waals surface area (Å²) in [6, 6.07) is 8.96. The van der Waals surface area contributed by atoms with Crippen molar-refractivity contribution in [3.63, 3.8) is 0 Å². The minimum atomic E-state index is -4.77. The van der Waals surface area contributed by atoms with Crippen LogP contribution in [0.1, 0.15) is 21.9 Å². The second kappa shape index (κ2) is 8.15. The van der Waals surface area contributed by atoms with Crippen LogP contribution in [0.3, 0.4) is 0 Å². The van der Waals surface area contributed by atoms with E-state index in [1.807, 2.05) is 0 Å². The van der Waals surface area contributed by atoms with E-state index in [2.05, 4.69) is 20.5 Å². The topological polar surface area (TPSA) is 86.3 Å². The summed E-state index contributed by atoms with van der Waals surface area (Å²) in [5, 5.41) is 10.1. The van der Waals surface area contributed by atoms with Crippen LogP contribution in [0.4, 0.5) is 13.2 Å². The van der Waals surface area contributed by atoms with Crippen molar-refractivity contribution >= 4 is 23.2 Å². The van der Waals surface area contributed by atoms with Gasteiger partial charge in [-0.2, -0.15) is 23.4 Å². The standard InChI is InChI=1S/C20H16ClF3N6O2/c1-29-12(6-7-26-29)10-25-19(31)17-16(21)18-27-14(11-4-3-5-13(8-11)32-2)9-15(20(22,23)24)30(18)28-17/h3-9H,10H2,1-2H3,(H,25,31). The zero-order valence-corrected chi connectivity index (χ0v) is 17.6. The Labute approximate surface area is 184 Å². The molecular formula is C20H16ClF3N6O2. The summed E-state index contributed by atoms with van der Waals surface area (Å²) in [7, 11) is 3.14. The predicted molar refractivity (Wildman–Crippen MR) is 109 cm³/mol. The average Bonchev–Trinajstić information content (AvgIpc) is 3.33. The number of hydrogen-bond acceptors (Lipinski definition) is 5. The van der Waals surface area contributed by atoms with Gasteiger partial charge in [0.05, 0.1) is 25.0 Å². The molecule has 0 radical (unpaired) electrons. The molecule has 4 rings (SSSR count). The SMILES string of the molecule is COc1cccc(-c2cc(C(F)(F)F)n3nc(C(=O)NCc4ccnn4C)c(Cl)c3n2)c1. The Bertz CT molecular complexity index is 1310. The molecule has 0 atom stereocenters. The van der Waals surface area contributed by atoms with Gasteiger partial charge < -0.3 is 10.1 Å². The highest BCUT2D eigenvalue weighted by molar-refractivity contribution is 6.36. The van der Waals surface area contributed by atoms with Gasteiger partial charge in [0.1, 0.15) is 10.8 Å². The van der Waals surface area contributed by atoms with E-state index in [4.69, 9.17) is 16.3 Å². The van der Waals surface area contributed by atoms with E-state index in [1.54, 1.807) is 48.3 Å². The van der Waals surface area contributed by atoms with Crippen LogP contribution in [0, 0.1) is 0 Å². The summed E-state index contributed by atoms with van der Waals surface area (Å²) < 4.78 is 48.7. The van der Waals surface area contributed by atoms with Crippen LogP contribution < -0.4 is 10.1 Å². The number of benzene rings is 1. The smallest absolute Gasteiger partial charge is 0.433 e. The highest BCUT2D eigenvalue weighted by Gasteiger charge is 2.36. The molecule has 166 valence electrons. The maximum absolute atomic E-state index is 13.8. The Morgan fingerprint density at radius 3 is 2.69 bits per heavy atom. The average molecular weight is 465 g/mol. The number of amides is 1. The normalized spacial score (nSPS) is 11.7. The van der Waals surface area contributed by atoms with Gasteiger partial charge in [0, 0.05) is 18.8 Å². The van der Waals surface area contributed by atoms with Crippen molar-refractivity contribution in [2.45, 2.75) is 12.7 Å². The Morgan fingerprint density at radius 2 is 2.03 bits per heavy atom. The van der Waals surface area contributed by atoms with Crippen molar-refractivity contribution in [1.29, 1.82) is 0 Å². The van der Waals surface area contributed by atoms with E-state index in [1.165, 1.54) is 7.11 Å². The Balaban J connectivity index is 1.79. The van der Waals surface area contributed by atoms with E-state index < -0.39 is 17.8 Å². The molecule has 0 aliphatic rings. The Morgan fingerprint density at radius 1 is 1.25 bits per heavy atom. The zero-order valence-electron chi connectivity index (χ0n) is 16.8. The quantitative estimate of drug-likeness (QED) is 0.486. The zero-order chi connectivity index (χ0) is 23.0. The molecule has 3 aromatic heterocycles. The van der Waals surface area contributed by atoms with Crippen LogP contribution in [-0.2, 0) is 19.8 Å². The second-order valence-corrected chi connectivity index (χ2v) is 7.16. The summed E-state index contributed by atoms with van der Waals surface area (Å²) >= 11 is 6.27. The van der Waals surface area contributed by atoms with Gasteiger partial charge in [-0.25, -0.2) is 9.50 Å². The van der Waals surface area contributed by atoms with Crippen molar-refractivity contribution in [2.75, 3.05) is 7.11 Å². The van der Waals surface area contributed by atoms with E-state index in [9.17, 15) is 18.0 Å². The summed E-state index contributed by atoms with van der Waals surface area (Å²) in [5.74, 6) is -0.287.